The van der Waals surface area contributed by atoms with E-state index in [1.807, 2.05) is 29.2 Å². The maximum absolute atomic E-state index is 12.6. The van der Waals surface area contributed by atoms with E-state index >= 15 is 0 Å². The summed E-state index contributed by atoms with van der Waals surface area (Å²) < 4.78 is 5.43. The molecule has 2 aliphatic rings. The van der Waals surface area contributed by atoms with Crippen LogP contribution in [0.2, 0.25) is 0 Å². The van der Waals surface area contributed by atoms with Gasteiger partial charge in [0.05, 0.1) is 12.5 Å². The molecule has 2 heterocycles. The molecule has 0 aliphatic carbocycles. The van der Waals surface area contributed by atoms with Crippen LogP contribution in [0, 0.1) is 5.92 Å². The molecule has 1 aromatic carbocycles. The minimum absolute atomic E-state index is 0.0103. The van der Waals surface area contributed by atoms with Crippen molar-refractivity contribution in [2.75, 3.05) is 24.7 Å². The van der Waals surface area contributed by atoms with E-state index in [1.54, 1.807) is 0 Å². The molecule has 2 unspecified atom stereocenters. The van der Waals surface area contributed by atoms with Crippen LogP contribution in [-0.2, 0) is 9.53 Å². The fourth-order valence-corrected chi connectivity index (χ4v) is 2.98. The zero-order valence-electron chi connectivity index (χ0n) is 11.0. The molecule has 0 spiro atoms. The van der Waals surface area contributed by atoms with Gasteiger partial charge in [0.2, 0.25) is 5.91 Å². The molecule has 4 nitrogen and oxygen atoms in total. The number of para-hydroxylation sites is 1. The van der Waals surface area contributed by atoms with Crippen molar-refractivity contribution < 1.29 is 9.53 Å². The number of ether oxygens (including phenoxy) is 1. The average molecular weight is 260 g/mol. The summed E-state index contributed by atoms with van der Waals surface area (Å²) in [4.78, 5) is 14.5. The molecule has 2 atom stereocenters. The summed E-state index contributed by atoms with van der Waals surface area (Å²) in [5, 5.41) is 0. The first kappa shape index (κ1) is 12.6. The second kappa shape index (κ2) is 5.31. The Hall–Kier alpha value is -1.39. The van der Waals surface area contributed by atoms with Gasteiger partial charge < -0.3 is 15.4 Å². The molecule has 1 aromatic rings. The lowest BCUT2D eigenvalue weighted by atomic mass is 9.94. The first-order chi connectivity index (χ1) is 9.27. The summed E-state index contributed by atoms with van der Waals surface area (Å²) >= 11 is 0. The summed E-state index contributed by atoms with van der Waals surface area (Å²) in [5.74, 6) is 0.204. The van der Waals surface area contributed by atoms with Gasteiger partial charge in [0.1, 0.15) is 0 Å². The highest BCUT2D eigenvalue weighted by Gasteiger charge is 2.31. The van der Waals surface area contributed by atoms with Gasteiger partial charge in [-0.2, -0.15) is 0 Å². The van der Waals surface area contributed by atoms with Gasteiger partial charge in [0, 0.05) is 24.9 Å². The zero-order chi connectivity index (χ0) is 13.2. The number of anilines is 1. The van der Waals surface area contributed by atoms with E-state index in [2.05, 4.69) is 0 Å². The minimum Gasteiger partial charge on any atom is -0.381 e. The van der Waals surface area contributed by atoms with E-state index in [0.717, 1.165) is 37.1 Å². The van der Waals surface area contributed by atoms with Gasteiger partial charge in [-0.05, 0) is 30.9 Å². The molecule has 0 saturated carbocycles. The lowest BCUT2D eigenvalue weighted by molar-refractivity contribution is -0.126. The van der Waals surface area contributed by atoms with Gasteiger partial charge >= 0.3 is 0 Å². The number of benzene rings is 1. The quantitative estimate of drug-likeness (QED) is 0.838. The molecule has 1 amide bonds. The molecule has 0 radical (unpaired) electrons. The molecule has 2 aliphatic heterocycles. The third-order valence-corrected chi connectivity index (χ3v) is 4.07. The molecule has 3 rings (SSSR count). The van der Waals surface area contributed by atoms with Crippen molar-refractivity contribution in [3.8, 4) is 0 Å². The predicted molar refractivity (Wildman–Crippen MR) is 73.9 cm³/mol. The summed E-state index contributed by atoms with van der Waals surface area (Å²) in [6.07, 6.45) is 2.74. The van der Waals surface area contributed by atoms with Crippen LogP contribution in [-0.4, -0.2) is 25.7 Å². The van der Waals surface area contributed by atoms with Crippen molar-refractivity contribution in [2.45, 2.75) is 25.3 Å². The second-order valence-electron chi connectivity index (χ2n) is 5.36. The highest BCUT2D eigenvalue weighted by Crippen LogP contribution is 2.33. The van der Waals surface area contributed by atoms with Gasteiger partial charge in [-0.3, -0.25) is 4.79 Å². The zero-order valence-corrected chi connectivity index (χ0v) is 11.0. The Morgan fingerprint density at radius 2 is 2.16 bits per heavy atom. The average Bonchev–Trinajstić information content (AvgIpc) is 2.48. The second-order valence-corrected chi connectivity index (χ2v) is 5.36. The molecule has 19 heavy (non-hydrogen) atoms. The number of hydrogen-bond acceptors (Lipinski definition) is 3. The lowest BCUT2D eigenvalue weighted by Gasteiger charge is -2.35. The van der Waals surface area contributed by atoms with Gasteiger partial charge in [0.15, 0.2) is 0 Å². The van der Waals surface area contributed by atoms with Gasteiger partial charge in [-0.25, -0.2) is 0 Å². The Morgan fingerprint density at radius 3 is 2.95 bits per heavy atom. The van der Waals surface area contributed by atoms with E-state index in [4.69, 9.17) is 10.5 Å². The number of carbonyl (C=O) groups is 1. The fourth-order valence-electron chi connectivity index (χ4n) is 2.98. The maximum atomic E-state index is 12.6. The van der Waals surface area contributed by atoms with Crippen LogP contribution >= 0.6 is 0 Å². The maximum Gasteiger partial charge on any atom is 0.232 e. The molecule has 102 valence electrons. The van der Waals surface area contributed by atoms with Crippen LogP contribution in [0.1, 0.15) is 30.9 Å². The van der Waals surface area contributed by atoms with Crippen molar-refractivity contribution in [1.82, 2.24) is 0 Å². The number of carbonyl (C=O) groups excluding carboxylic acids is 1. The lowest BCUT2D eigenvalue weighted by Crippen LogP contribution is -2.43. The van der Waals surface area contributed by atoms with Crippen molar-refractivity contribution in [3.05, 3.63) is 29.8 Å². The third-order valence-electron chi connectivity index (χ3n) is 4.07. The number of hydrogen-bond donors (Lipinski definition) is 1. The third kappa shape index (κ3) is 2.38. The van der Waals surface area contributed by atoms with E-state index in [1.165, 1.54) is 0 Å². The van der Waals surface area contributed by atoms with Gasteiger partial charge in [0.25, 0.3) is 0 Å². The van der Waals surface area contributed by atoms with E-state index in [0.29, 0.717) is 13.2 Å². The van der Waals surface area contributed by atoms with Crippen molar-refractivity contribution in [2.24, 2.45) is 11.7 Å². The molecule has 0 aromatic heterocycles. The summed E-state index contributed by atoms with van der Waals surface area (Å²) in [6, 6.07) is 8.01. The van der Waals surface area contributed by atoms with E-state index in [9.17, 15) is 4.79 Å². The largest absolute Gasteiger partial charge is 0.381 e. The number of rotatable bonds is 1. The van der Waals surface area contributed by atoms with Crippen LogP contribution in [0.15, 0.2) is 24.3 Å². The minimum atomic E-state index is 0.0103. The number of amides is 1. The van der Waals surface area contributed by atoms with Crippen molar-refractivity contribution in [1.29, 1.82) is 0 Å². The number of nitrogens with two attached hydrogens (primary N) is 1. The molecule has 2 N–H and O–H groups in total. The van der Waals surface area contributed by atoms with E-state index in [-0.39, 0.29) is 17.9 Å². The van der Waals surface area contributed by atoms with Crippen molar-refractivity contribution >= 4 is 11.6 Å². The van der Waals surface area contributed by atoms with E-state index < -0.39 is 0 Å². The predicted octanol–water partition coefficient (Wildman–Crippen LogP) is 1.85. The highest BCUT2D eigenvalue weighted by atomic mass is 16.5. The summed E-state index contributed by atoms with van der Waals surface area (Å²) in [5.41, 5.74) is 8.19. The molecule has 0 bridgehead atoms. The molecular weight excluding hydrogens is 240 g/mol. The SMILES string of the molecule is NC1CCN(C(=O)C2CCCOC2)c2ccccc21. The molecule has 1 saturated heterocycles. The summed E-state index contributed by atoms with van der Waals surface area (Å²) in [6.45, 7) is 2.06. The molecule has 4 heteroatoms. The Labute approximate surface area is 113 Å². The van der Waals surface area contributed by atoms with Crippen LogP contribution in [0.4, 0.5) is 5.69 Å². The van der Waals surface area contributed by atoms with Crippen LogP contribution in [0.25, 0.3) is 0 Å². The highest BCUT2D eigenvalue weighted by molar-refractivity contribution is 5.96. The van der Waals surface area contributed by atoms with Gasteiger partial charge in [-0.1, -0.05) is 18.2 Å². The monoisotopic (exact) mass is 260 g/mol. The first-order valence-corrected chi connectivity index (χ1v) is 7.01. The Morgan fingerprint density at radius 1 is 1.32 bits per heavy atom. The standard InChI is InChI=1S/C15H20N2O2/c16-13-7-8-17(14-6-2-1-5-12(13)14)15(18)11-4-3-9-19-10-11/h1-2,5-6,11,13H,3-4,7-10,16H2. The Bertz CT molecular complexity index is 469. The smallest absolute Gasteiger partial charge is 0.232 e. The number of nitrogens with zero attached hydrogens (tertiary/aromatic N) is 1. The normalized spacial score (nSPS) is 26.9. The molecule has 1 fully saturated rings. The van der Waals surface area contributed by atoms with Crippen LogP contribution in [0.3, 0.4) is 0 Å². The fraction of sp³-hybridized carbons (Fsp3) is 0.533. The Balaban J connectivity index is 1.85. The van der Waals surface area contributed by atoms with Gasteiger partial charge in [-0.15, -0.1) is 0 Å². The first-order valence-electron chi connectivity index (χ1n) is 7.01. The topological polar surface area (TPSA) is 55.6 Å². The summed E-state index contributed by atoms with van der Waals surface area (Å²) in [7, 11) is 0. The number of fused-ring (bicyclic) bond motifs is 1. The molecular formula is C15H20N2O2. The Kier molecular flexibility index (Phi) is 3.53. The van der Waals surface area contributed by atoms with Crippen LogP contribution < -0.4 is 10.6 Å². The van der Waals surface area contributed by atoms with Crippen molar-refractivity contribution in [3.63, 3.8) is 0 Å². The van der Waals surface area contributed by atoms with Crippen LogP contribution in [0.5, 0.6) is 0 Å².